The number of aliphatic hydroxyl groups is 1. The molecule has 2 aromatic rings. The Bertz CT molecular complexity index is 620. The molecular formula is C16H19NO3. The van der Waals surface area contributed by atoms with Crippen molar-refractivity contribution in [3.63, 3.8) is 0 Å². The van der Waals surface area contributed by atoms with Crippen LogP contribution in [0.4, 0.5) is 0 Å². The lowest BCUT2D eigenvalue weighted by atomic mass is 10.1. The smallest absolute Gasteiger partial charge is 0.289 e. The van der Waals surface area contributed by atoms with Crippen molar-refractivity contribution in [2.75, 3.05) is 13.2 Å². The van der Waals surface area contributed by atoms with Gasteiger partial charge < -0.3 is 14.4 Å². The first-order chi connectivity index (χ1) is 9.60. The third-order valence-corrected chi connectivity index (χ3v) is 4.19. The van der Waals surface area contributed by atoms with Crippen LogP contribution in [0.2, 0.25) is 0 Å². The zero-order valence-electron chi connectivity index (χ0n) is 11.8. The minimum atomic E-state index is -0.118. The van der Waals surface area contributed by atoms with Crippen molar-refractivity contribution in [3.8, 4) is 0 Å². The van der Waals surface area contributed by atoms with Gasteiger partial charge in [-0.25, -0.2) is 0 Å². The molecule has 1 amide bonds. The van der Waals surface area contributed by atoms with Crippen LogP contribution in [0.15, 0.2) is 22.6 Å². The van der Waals surface area contributed by atoms with Gasteiger partial charge in [0.05, 0.1) is 12.6 Å². The molecule has 1 fully saturated rings. The molecule has 0 saturated carbocycles. The first-order valence-corrected chi connectivity index (χ1v) is 7.03. The van der Waals surface area contributed by atoms with Gasteiger partial charge in [0, 0.05) is 11.9 Å². The molecular weight excluding hydrogens is 254 g/mol. The predicted molar refractivity (Wildman–Crippen MR) is 76.8 cm³/mol. The molecule has 0 bridgehead atoms. The number of amides is 1. The highest BCUT2D eigenvalue weighted by Crippen LogP contribution is 2.26. The minimum Gasteiger partial charge on any atom is -0.451 e. The van der Waals surface area contributed by atoms with E-state index in [-0.39, 0.29) is 18.6 Å². The largest absolute Gasteiger partial charge is 0.451 e. The highest BCUT2D eigenvalue weighted by atomic mass is 16.3. The standard InChI is InChI=1S/C16H19NO3/c1-10-6-12-8-15(20-14(12)7-11(10)2)16(19)17-5-3-4-13(17)9-18/h6-8,13,18H,3-5,9H2,1-2H3. The zero-order valence-corrected chi connectivity index (χ0v) is 11.8. The summed E-state index contributed by atoms with van der Waals surface area (Å²) in [4.78, 5) is 14.2. The fourth-order valence-corrected chi connectivity index (χ4v) is 2.84. The third-order valence-electron chi connectivity index (χ3n) is 4.19. The fourth-order valence-electron chi connectivity index (χ4n) is 2.84. The van der Waals surface area contributed by atoms with Crippen LogP contribution in [0.1, 0.15) is 34.5 Å². The number of hydrogen-bond donors (Lipinski definition) is 1. The number of carbonyl (C=O) groups excluding carboxylic acids is 1. The van der Waals surface area contributed by atoms with Gasteiger partial charge in [-0.2, -0.15) is 0 Å². The van der Waals surface area contributed by atoms with Crippen molar-refractivity contribution in [2.24, 2.45) is 0 Å². The maximum Gasteiger partial charge on any atom is 0.289 e. The third kappa shape index (κ3) is 2.10. The number of benzene rings is 1. The van der Waals surface area contributed by atoms with Crippen molar-refractivity contribution < 1.29 is 14.3 Å². The molecule has 1 saturated heterocycles. The van der Waals surface area contributed by atoms with Crippen LogP contribution in [-0.4, -0.2) is 35.1 Å². The molecule has 0 radical (unpaired) electrons. The Morgan fingerprint density at radius 3 is 2.85 bits per heavy atom. The average Bonchev–Trinajstić information content (AvgIpc) is 3.04. The molecule has 1 N–H and O–H groups in total. The van der Waals surface area contributed by atoms with Crippen molar-refractivity contribution in [1.82, 2.24) is 4.90 Å². The molecule has 1 aliphatic heterocycles. The van der Waals surface area contributed by atoms with E-state index in [0.717, 1.165) is 29.4 Å². The van der Waals surface area contributed by atoms with Gasteiger partial charge in [-0.05, 0) is 56.0 Å². The molecule has 4 heteroatoms. The first kappa shape index (κ1) is 13.2. The first-order valence-electron chi connectivity index (χ1n) is 7.03. The fraction of sp³-hybridized carbons (Fsp3) is 0.438. The lowest BCUT2D eigenvalue weighted by molar-refractivity contribution is 0.0648. The lowest BCUT2D eigenvalue weighted by Gasteiger charge is -2.21. The highest BCUT2D eigenvalue weighted by Gasteiger charge is 2.30. The summed E-state index contributed by atoms with van der Waals surface area (Å²) in [5, 5.41) is 10.3. The quantitative estimate of drug-likeness (QED) is 0.915. The second-order valence-corrected chi connectivity index (χ2v) is 5.56. The van der Waals surface area contributed by atoms with E-state index in [9.17, 15) is 9.90 Å². The monoisotopic (exact) mass is 273 g/mol. The van der Waals surface area contributed by atoms with Gasteiger partial charge >= 0.3 is 0 Å². The van der Waals surface area contributed by atoms with Crippen LogP contribution in [-0.2, 0) is 0 Å². The number of aryl methyl sites for hydroxylation is 2. The molecule has 2 heterocycles. The van der Waals surface area contributed by atoms with Crippen LogP contribution in [0.25, 0.3) is 11.0 Å². The highest BCUT2D eigenvalue weighted by molar-refractivity contribution is 5.96. The van der Waals surface area contributed by atoms with E-state index in [0.29, 0.717) is 12.3 Å². The molecule has 1 aromatic carbocycles. The summed E-state index contributed by atoms with van der Waals surface area (Å²) in [6.07, 6.45) is 1.80. The van der Waals surface area contributed by atoms with Gasteiger partial charge in [-0.15, -0.1) is 0 Å². The van der Waals surface area contributed by atoms with Crippen LogP contribution in [0.5, 0.6) is 0 Å². The normalized spacial score (nSPS) is 18.9. The summed E-state index contributed by atoms with van der Waals surface area (Å²) in [5.74, 6) is 0.249. The molecule has 0 spiro atoms. The number of rotatable bonds is 2. The Balaban J connectivity index is 1.96. The number of carbonyl (C=O) groups is 1. The Morgan fingerprint density at radius 2 is 2.10 bits per heavy atom. The maximum atomic E-state index is 12.5. The minimum absolute atomic E-state index is 0.0180. The molecule has 1 aromatic heterocycles. The molecule has 1 unspecified atom stereocenters. The van der Waals surface area contributed by atoms with Gasteiger partial charge in [0.2, 0.25) is 0 Å². The molecule has 0 aliphatic carbocycles. The van der Waals surface area contributed by atoms with Crippen molar-refractivity contribution in [3.05, 3.63) is 35.1 Å². The van der Waals surface area contributed by atoms with Crippen molar-refractivity contribution in [2.45, 2.75) is 32.7 Å². The van der Waals surface area contributed by atoms with Crippen LogP contribution >= 0.6 is 0 Å². The summed E-state index contributed by atoms with van der Waals surface area (Å²) in [6, 6.07) is 5.74. The number of furan rings is 1. The summed E-state index contributed by atoms with van der Waals surface area (Å²) in [7, 11) is 0. The van der Waals surface area contributed by atoms with Crippen molar-refractivity contribution >= 4 is 16.9 Å². The number of fused-ring (bicyclic) bond motifs is 1. The van der Waals surface area contributed by atoms with Crippen molar-refractivity contribution in [1.29, 1.82) is 0 Å². The molecule has 106 valence electrons. The van der Waals surface area contributed by atoms with Crippen LogP contribution in [0.3, 0.4) is 0 Å². The lowest BCUT2D eigenvalue weighted by Crippen LogP contribution is -2.37. The van der Waals surface area contributed by atoms with E-state index in [4.69, 9.17) is 4.42 Å². The Morgan fingerprint density at radius 1 is 1.35 bits per heavy atom. The molecule has 3 rings (SSSR count). The second-order valence-electron chi connectivity index (χ2n) is 5.56. The number of likely N-dealkylation sites (tertiary alicyclic amines) is 1. The maximum absolute atomic E-state index is 12.5. The molecule has 4 nitrogen and oxygen atoms in total. The summed E-state index contributed by atoms with van der Waals surface area (Å²) < 4.78 is 5.70. The summed E-state index contributed by atoms with van der Waals surface area (Å²) in [5.41, 5.74) is 3.09. The van der Waals surface area contributed by atoms with E-state index in [2.05, 4.69) is 0 Å². The van der Waals surface area contributed by atoms with E-state index in [1.807, 2.05) is 26.0 Å². The van der Waals surface area contributed by atoms with Crippen LogP contribution < -0.4 is 0 Å². The summed E-state index contributed by atoms with van der Waals surface area (Å²) in [6.45, 7) is 4.79. The second kappa shape index (κ2) is 4.94. The number of nitrogens with zero attached hydrogens (tertiary/aromatic N) is 1. The van der Waals surface area contributed by atoms with Crippen LogP contribution in [0, 0.1) is 13.8 Å². The Kier molecular flexibility index (Phi) is 3.26. The Hall–Kier alpha value is -1.81. The zero-order chi connectivity index (χ0) is 14.3. The predicted octanol–water partition coefficient (Wildman–Crippen LogP) is 2.65. The van der Waals surface area contributed by atoms with E-state index in [1.54, 1.807) is 11.0 Å². The SMILES string of the molecule is Cc1cc2cc(C(=O)N3CCCC3CO)oc2cc1C. The van der Waals surface area contributed by atoms with Gasteiger partial charge in [0.25, 0.3) is 5.91 Å². The summed E-state index contributed by atoms with van der Waals surface area (Å²) >= 11 is 0. The number of aliphatic hydroxyl groups excluding tert-OH is 1. The molecule has 1 aliphatic rings. The molecule has 20 heavy (non-hydrogen) atoms. The van der Waals surface area contributed by atoms with E-state index >= 15 is 0 Å². The van der Waals surface area contributed by atoms with Gasteiger partial charge in [-0.3, -0.25) is 4.79 Å². The van der Waals surface area contributed by atoms with Gasteiger partial charge in [0.15, 0.2) is 5.76 Å². The van der Waals surface area contributed by atoms with Gasteiger partial charge in [-0.1, -0.05) is 0 Å². The van der Waals surface area contributed by atoms with E-state index in [1.165, 1.54) is 5.56 Å². The number of hydrogen-bond acceptors (Lipinski definition) is 3. The Labute approximate surface area is 118 Å². The van der Waals surface area contributed by atoms with E-state index < -0.39 is 0 Å². The molecule has 1 atom stereocenters. The topological polar surface area (TPSA) is 53.7 Å². The average molecular weight is 273 g/mol. The van der Waals surface area contributed by atoms with Gasteiger partial charge in [0.1, 0.15) is 5.58 Å².